The van der Waals surface area contributed by atoms with Crippen LogP contribution in [0.15, 0.2) is 114 Å². The van der Waals surface area contributed by atoms with E-state index in [4.69, 9.17) is 42.3 Å². The van der Waals surface area contributed by atoms with Crippen LogP contribution in [0.2, 0.25) is 10.0 Å². The molecule has 0 amide bonds. The molecule has 11 heteroatoms. The number of fused-ring (bicyclic) bond motifs is 2. The van der Waals surface area contributed by atoms with Crippen LogP contribution in [0.1, 0.15) is 18.4 Å². The Morgan fingerprint density at radius 3 is 1.63 bits per heavy atom. The molecular weight excluding hydrogens is 636 g/mol. The summed E-state index contributed by atoms with van der Waals surface area (Å²) in [5.41, 5.74) is 3.60. The second-order valence-electron chi connectivity index (χ2n) is 9.86. The number of hydrogen-bond acceptors (Lipinski definition) is 8. The summed E-state index contributed by atoms with van der Waals surface area (Å²) in [5, 5.41) is 7.14. The number of esters is 1. The minimum atomic E-state index is -0.683. The molecule has 0 unspecified atom stereocenters. The summed E-state index contributed by atoms with van der Waals surface area (Å²) in [5.74, 6) is 0.818. The average molecular weight is 663 g/mol. The fraction of sp³-hybridized carbons (Fsp3) is 0.0857. The van der Waals surface area contributed by atoms with Crippen LogP contribution in [0.4, 0.5) is 0 Å². The first-order chi connectivity index (χ1) is 21.9. The minimum Gasteiger partial charge on any atom is -1.00 e. The maximum absolute atomic E-state index is 13.0. The van der Waals surface area contributed by atoms with E-state index < -0.39 is 5.97 Å². The number of aromatic nitrogens is 2. The molecule has 0 radical (unpaired) electrons. The summed E-state index contributed by atoms with van der Waals surface area (Å²) >= 11 is 12.2. The Morgan fingerprint density at radius 1 is 0.674 bits per heavy atom. The van der Waals surface area contributed by atoms with Crippen molar-refractivity contribution in [2.24, 2.45) is 5.16 Å². The van der Waals surface area contributed by atoms with E-state index >= 15 is 0 Å². The van der Waals surface area contributed by atoms with Crippen LogP contribution in [-0.4, -0.2) is 28.8 Å². The van der Waals surface area contributed by atoms with Crippen LogP contribution in [0.25, 0.3) is 21.8 Å². The van der Waals surface area contributed by atoms with Gasteiger partial charge >= 0.3 is 35.5 Å². The first-order valence-corrected chi connectivity index (χ1v) is 14.6. The molecule has 2 aromatic heterocycles. The third kappa shape index (κ3) is 8.34. The molecule has 6 rings (SSSR count). The van der Waals surface area contributed by atoms with Gasteiger partial charge < -0.3 is 20.5 Å². The van der Waals surface area contributed by atoms with Crippen LogP contribution in [-0.2, 0) is 22.8 Å². The third-order valence-electron chi connectivity index (χ3n) is 6.74. The zero-order valence-electron chi connectivity index (χ0n) is 25.9. The molecule has 0 spiro atoms. The Hall–Kier alpha value is -4.18. The Labute approximate surface area is 298 Å². The van der Waals surface area contributed by atoms with Crippen molar-refractivity contribution in [2.75, 3.05) is 7.11 Å². The van der Waals surface area contributed by atoms with E-state index in [9.17, 15) is 4.79 Å². The van der Waals surface area contributed by atoms with Crippen LogP contribution in [0, 0.1) is 0 Å². The normalized spacial score (nSPS) is 11.2. The van der Waals surface area contributed by atoms with E-state index in [0.717, 1.165) is 33.2 Å². The Kier molecular flexibility index (Phi) is 11.1. The maximum Gasteiger partial charge on any atom is 1.00 e. The first kappa shape index (κ1) is 33.2. The molecule has 0 bridgehead atoms. The molecule has 0 aliphatic heterocycles. The summed E-state index contributed by atoms with van der Waals surface area (Å²) < 4.78 is 17.3. The molecule has 226 valence electrons. The van der Waals surface area contributed by atoms with Crippen molar-refractivity contribution < 1.29 is 54.8 Å². The fourth-order valence-corrected chi connectivity index (χ4v) is 4.84. The molecule has 0 aliphatic carbocycles. The van der Waals surface area contributed by atoms with Crippen molar-refractivity contribution in [1.82, 2.24) is 9.97 Å². The smallest absolute Gasteiger partial charge is 1.00 e. The molecule has 4 aromatic carbocycles. The number of nitrogens with zero attached hydrogens (tertiary/aromatic N) is 3. The molecule has 46 heavy (non-hydrogen) atoms. The summed E-state index contributed by atoms with van der Waals surface area (Å²) in [7, 11) is 1.36. The summed E-state index contributed by atoms with van der Waals surface area (Å²) in [6.07, 6.45) is 0. The number of ether oxygens (including phenoxy) is 3. The number of hydrogen-bond donors (Lipinski definition) is 0. The Morgan fingerprint density at radius 2 is 1.13 bits per heavy atom. The minimum absolute atomic E-state index is 0. The number of carbonyl (C=O) groups is 1. The van der Waals surface area contributed by atoms with Crippen molar-refractivity contribution in [2.45, 2.75) is 13.2 Å². The predicted octanol–water partition coefficient (Wildman–Crippen LogP) is 5.32. The number of halogens is 2. The number of benzene rings is 4. The van der Waals surface area contributed by atoms with E-state index in [0.29, 0.717) is 32.9 Å². The third-order valence-corrected chi connectivity index (χ3v) is 7.21. The SMILES string of the molecule is CON=C(C(=O)Oc1ccc(OCc2ccc3ccc(Cl)cc3n2)cc1)c1ccc(OCc2ccc3ccc(Cl)cc3n2)cc1.[H-].[Na+]. The molecule has 6 aromatic rings. The molecule has 0 atom stereocenters. The van der Waals surface area contributed by atoms with E-state index in [1.165, 1.54) is 7.11 Å². The van der Waals surface area contributed by atoms with E-state index in [2.05, 4.69) is 15.1 Å². The molecule has 0 N–H and O–H groups in total. The number of rotatable bonds is 10. The molecular formula is C35H26Cl2N3NaO5. The summed E-state index contributed by atoms with van der Waals surface area (Å²) in [6.45, 7) is 0.524. The molecule has 0 aliphatic rings. The van der Waals surface area contributed by atoms with E-state index in [-0.39, 0.29) is 49.9 Å². The van der Waals surface area contributed by atoms with Gasteiger partial charge in [-0.2, -0.15) is 0 Å². The zero-order chi connectivity index (χ0) is 31.2. The van der Waals surface area contributed by atoms with Gasteiger partial charge in [-0.1, -0.05) is 52.6 Å². The van der Waals surface area contributed by atoms with Gasteiger partial charge in [0, 0.05) is 26.4 Å². The van der Waals surface area contributed by atoms with Crippen molar-refractivity contribution >= 4 is 56.7 Å². The molecule has 0 saturated heterocycles. The quantitative estimate of drug-likeness (QED) is 0.0645. The number of oxime groups is 1. The van der Waals surface area contributed by atoms with Gasteiger partial charge in [-0.25, -0.2) is 14.8 Å². The Balaban J connectivity index is 0.00000250. The van der Waals surface area contributed by atoms with E-state index in [1.807, 2.05) is 60.7 Å². The largest absolute Gasteiger partial charge is 1.00 e. The van der Waals surface area contributed by atoms with Crippen LogP contribution in [0.5, 0.6) is 17.2 Å². The van der Waals surface area contributed by atoms with Crippen LogP contribution >= 0.6 is 23.2 Å². The summed E-state index contributed by atoms with van der Waals surface area (Å²) in [6, 6.07) is 32.4. The standard InChI is InChI=1S/C35H25Cl2N3O5.Na.H/c1-42-40-34(24-6-12-29(13-7-24)43-20-27-10-4-22-2-8-25(36)18-32(22)38-27)35(41)45-31-16-14-30(15-17-31)44-21-28-11-5-23-3-9-26(37)19-33(23)39-28;;/h2-19H,20-21H2,1H3;;/q;+1;-1. The predicted molar refractivity (Wildman–Crippen MR) is 175 cm³/mol. The summed E-state index contributed by atoms with van der Waals surface area (Å²) in [4.78, 5) is 27.2. The van der Waals surface area contributed by atoms with Gasteiger partial charge in [0.05, 0.1) is 22.4 Å². The Bertz CT molecular complexity index is 2030. The van der Waals surface area contributed by atoms with Gasteiger partial charge in [0.15, 0.2) is 5.71 Å². The van der Waals surface area contributed by atoms with Gasteiger partial charge in [-0.05, 0) is 84.9 Å². The molecule has 0 fully saturated rings. The second-order valence-corrected chi connectivity index (χ2v) is 10.7. The fourth-order valence-electron chi connectivity index (χ4n) is 4.51. The topological polar surface area (TPSA) is 92.1 Å². The van der Waals surface area contributed by atoms with Crippen molar-refractivity contribution in [3.05, 3.63) is 136 Å². The maximum atomic E-state index is 13.0. The van der Waals surface area contributed by atoms with Crippen LogP contribution in [0.3, 0.4) is 0 Å². The second kappa shape index (κ2) is 15.4. The van der Waals surface area contributed by atoms with Gasteiger partial charge in [-0.15, -0.1) is 0 Å². The first-order valence-electron chi connectivity index (χ1n) is 13.8. The van der Waals surface area contributed by atoms with Gasteiger partial charge in [0.25, 0.3) is 0 Å². The average Bonchev–Trinajstić information content (AvgIpc) is 3.05. The van der Waals surface area contributed by atoms with Gasteiger partial charge in [-0.3, -0.25) is 0 Å². The number of carbonyl (C=O) groups excluding carboxylic acids is 1. The van der Waals surface area contributed by atoms with E-state index in [1.54, 1.807) is 48.5 Å². The van der Waals surface area contributed by atoms with Gasteiger partial charge in [0.2, 0.25) is 0 Å². The number of pyridine rings is 2. The molecule has 8 nitrogen and oxygen atoms in total. The van der Waals surface area contributed by atoms with Gasteiger partial charge in [0.1, 0.15) is 37.6 Å². The molecule has 2 heterocycles. The monoisotopic (exact) mass is 661 g/mol. The van der Waals surface area contributed by atoms with Crippen molar-refractivity contribution in [1.29, 1.82) is 0 Å². The zero-order valence-corrected chi connectivity index (χ0v) is 28.5. The van der Waals surface area contributed by atoms with Crippen molar-refractivity contribution in [3.8, 4) is 17.2 Å². The van der Waals surface area contributed by atoms with Crippen molar-refractivity contribution in [3.63, 3.8) is 0 Å². The van der Waals surface area contributed by atoms with Crippen LogP contribution < -0.4 is 43.8 Å². The molecule has 0 saturated carbocycles.